The summed E-state index contributed by atoms with van der Waals surface area (Å²) in [5.74, 6) is 0.516. The van der Waals surface area contributed by atoms with Gasteiger partial charge in [-0.15, -0.1) is 5.10 Å². The van der Waals surface area contributed by atoms with Crippen LogP contribution in [0.2, 0.25) is 0 Å². The van der Waals surface area contributed by atoms with Gasteiger partial charge in [0.25, 0.3) is 0 Å². The van der Waals surface area contributed by atoms with E-state index in [4.69, 9.17) is 4.74 Å². The van der Waals surface area contributed by atoms with E-state index in [1.807, 2.05) is 25.0 Å². The molecule has 0 saturated carbocycles. The Morgan fingerprint density at radius 2 is 2.47 bits per heavy atom. The minimum absolute atomic E-state index is 0.287. The molecule has 2 rings (SSSR count). The van der Waals surface area contributed by atoms with E-state index < -0.39 is 0 Å². The maximum Gasteiger partial charge on any atom is 0.0756 e. The summed E-state index contributed by atoms with van der Waals surface area (Å²) in [6.45, 7) is 2.94. The third-order valence-electron chi connectivity index (χ3n) is 3.08. The van der Waals surface area contributed by atoms with Crippen LogP contribution in [-0.4, -0.2) is 34.8 Å². The summed E-state index contributed by atoms with van der Waals surface area (Å²) in [5.41, 5.74) is 1.13. The van der Waals surface area contributed by atoms with Crippen LogP contribution < -0.4 is 5.32 Å². The van der Waals surface area contributed by atoms with Crippen LogP contribution in [0.15, 0.2) is 6.20 Å². The average molecular weight is 210 g/mol. The van der Waals surface area contributed by atoms with Gasteiger partial charge in [-0.3, -0.25) is 4.68 Å². The van der Waals surface area contributed by atoms with Gasteiger partial charge in [0.2, 0.25) is 0 Å². The number of nitrogens with one attached hydrogen (secondary N) is 1. The van der Waals surface area contributed by atoms with E-state index in [9.17, 15) is 0 Å². The summed E-state index contributed by atoms with van der Waals surface area (Å²) in [6.07, 6.45) is 3.29. The second-order valence-electron chi connectivity index (χ2n) is 4.19. The smallest absolute Gasteiger partial charge is 0.0756 e. The second kappa shape index (κ2) is 4.28. The average Bonchev–Trinajstić information content (AvgIpc) is 2.79. The molecule has 1 aromatic rings. The van der Waals surface area contributed by atoms with Crippen molar-refractivity contribution in [3.8, 4) is 0 Å². The van der Waals surface area contributed by atoms with Gasteiger partial charge in [-0.2, -0.15) is 0 Å². The highest BCUT2D eigenvalue weighted by molar-refractivity contribution is 5.04. The molecule has 5 heteroatoms. The van der Waals surface area contributed by atoms with E-state index >= 15 is 0 Å². The fraction of sp³-hybridized carbons (Fsp3) is 0.800. The molecule has 3 unspecified atom stereocenters. The number of aryl methyl sites for hydroxylation is 1. The van der Waals surface area contributed by atoms with Crippen molar-refractivity contribution in [1.82, 2.24) is 20.3 Å². The zero-order valence-corrected chi connectivity index (χ0v) is 9.47. The van der Waals surface area contributed by atoms with Gasteiger partial charge >= 0.3 is 0 Å². The Kier molecular flexibility index (Phi) is 3.02. The molecule has 1 aliphatic rings. The lowest BCUT2D eigenvalue weighted by Crippen LogP contribution is -2.27. The normalized spacial score (nSPS) is 28.2. The molecule has 0 radical (unpaired) electrons. The van der Waals surface area contributed by atoms with Gasteiger partial charge < -0.3 is 10.1 Å². The van der Waals surface area contributed by atoms with Crippen molar-refractivity contribution in [3.63, 3.8) is 0 Å². The van der Waals surface area contributed by atoms with Gasteiger partial charge in [-0.05, 0) is 20.4 Å². The molecular formula is C10H18N4O. The van der Waals surface area contributed by atoms with Gasteiger partial charge in [0.05, 0.1) is 30.6 Å². The van der Waals surface area contributed by atoms with Crippen LogP contribution in [0.4, 0.5) is 0 Å². The molecule has 2 heterocycles. The predicted octanol–water partition coefficient (Wildman–Crippen LogP) is 0.501. The van der Waals surface area contributed by atoms with Crippen LogP contribution >= 0.6 is 0 Å². The topological polar surface area (TPSA) is 52.0 Å². The molecule has 15 heavy (non-hydrogen) atoms. The number of rotatable bonds is 3. The molecule has 0 spiro atoms. The Morgan fingerprint density at radius 3 is 2.93 bits per heavy atom. The van der Waals surface area contributed by atoms with Crippen molar-refractivity contribution < 1.29 is 4.74 Å². The molecule has 0 bridgehead atoms. The molecular weight excluding hydrogens is 192 g/mol. The van der Waals surface area contributed by atoms with Crippen molar-refractivity contribution >= 4 is 0 Å². The Bertz CT molecular complexity index is 325. The third kappa shape index (κ3) is 2.03. The second-order valence-corrected chi connectivity index (χ2v) is 4.19. The number of aromatic nitrogens is 3. The molecule has 1 aromatic heterocycles. The van der Waals surface area contributed by atoms with Gasteiger partial charge in [-0.1, -0.05) is 5.21 Å². The van der Waals surface area contributed by atoms with Gasteiger partial charge in [0, 0.05) is 13.0 Å². The maximum atomic E-state index is 5.60. The Balaban J connectivity index is 2.14. The lowest BCUT2D eigenvalue weighted by Gasteiger charge is -2.21. The number of hydrogen-bond acceptors (Lipinski definition) is 4. The largest absolute Gasteiger partial charge is 0.378 e. The van der Waals surface area contributed by atoms with E-state index in [-0.39, 0.29) is 6.04 Å². The molecule has 1 fully saturated rings. The maximum absolute atomic E-state index is 5.60. The standard InChI is InChI=1S/C10H18N4O/c1-7-4-8(6-15-7)10(11-2)9-5-12-13-14(9)3/h5,7-8,10-11H,4,6H2,1-3H3. The number of hydrogen-bond donors (Lipinski definition) is 1. The highest BCUT2D eigenvalue weighted by Gasteiger charge is 2.31. The van der Waals surface area contributed by atoms with Crippen molar-refractivity contribution in [2.24, 2.45) is 13.0 Å². The van der Waals surface area contributed by atoms with E-state index in [1.165, 1.54) is 0 Å². The fourth-order valence-electron chi connectivity index (χ4n) is 2.29. The zero-order valence-electron chi connectivity index (χ0n) is 9.47. The van der Waals surface area contributed by atoms with Crippen molar-refractivity contribution in [2.75, 3.05) is 13.7 Å². The highest BCUT2D eigenvalue weighted by Crippen LogP contribution is 2.30. The number of nitrogens with zero attached hydrogens (tertiary/aromatic N) is 3. The third-order valence-corrected chi connectivity index (χ3v) is 3.08. The lowest BCUT2D eigenvalue weighted by molar-refractivity contribution is 0.117. The quantitative estimate of drug-likeness (QED) is 0.789. The Hall–Kier alpha value is -0.940. The van der Waals surface area contributed by atoms with E-state index in [2.05, 4.69) is 22.6 Å². The molecule has 1 N–H and O–H groups in total. The van der Waals surface area contributed by atoms with Gasteiger partial charge in [0.15, 0.2) is 0 Å². The van der Waals surface area contributed by atoms with E-state index in [1.54, 1.807) is 0 Å². The summed E-state index contributed by atoms with van der Waals surface area (Å²) in [6, 6.07) is 0.287. The summed E-state index contributed by atoms with van der Waals surface area (Å²) in [5, 5.41) is 11.2. The predicted molar refractivity (Wildman–Crippen MR) is 56.3 cm³/mol. The molecule has 84 valence electrons. The van der Waals surface area contributed by atoms with Crippen LogP contribution in [0, 0.1) is 5.92 Å². The SMILES string of the molecule is CNC(c1cnnn1C)C1COC(C)C1. The first-order chi connectivity index (χ1) is 7.22. The van der Waals surface area contributed by atoms with Crippen LogP contribution in [0.3, 0.4) is 0 Å². The van der Waals surface area contributed by atoms with Crippen LogP contribution in [0.25, 0.3) is 0 Å². The van der Waals surface area contributed by atoms with Crippen LogP contribution in [0.1, 0.15) is 25.1 Å². The molecule has 1 saturated heterocycles. The minimum atomic E-state index is 0.287. The summed E-state index contributed by atoms with van der Waals surface area (Å²) in [7, 11) is 3.90. The van der Waals surface area contributed by atoms with Crippen molar-refractivity contribution in [2.45, 2.75) is 25.5 Å². The molecule has 5 nitrogen and oxygen atoms in total. The van der Waals surface area contributed by atoms with Crippen molar-refractivity contribution in [1.29, 1.82) is 0 Å². The first-order valence-corrected chi connectivity index (χ1v) is 5.35. The monoisotopic (exact) mass is 210 g/mol. The summed E-state index contributed by atoms with van der Waals surface area (Å²) >= 11 is 0. The number of ether oxygens (including phenoxy) is 1. The molecule has 0 aliphatic carbocycles. The molecule has 1 aliphatic heterocycles. The zero-order chi connectivity index (χ0) is 10.8. The summed E-state index contributed by atoms with van der Waals surface area (Å²) in [4.78, 5) is 0. The van der Waals surface area contributed by atoms with Gasteiger partial charge in [-0.25, -0.2) is 0 Å². The van der Waals surface area contributed by atoms with Crippen LogP contribution in [-0.2, 0) is 11.8 Å². The Labute approximate surface area is 89.8 Å². The van der Waals surface area contributed by atoms with E-state index in [0.29, 0.717) is 12.0 Å². The fourth-order valence-corrected chi connectivity index (χ4v) is 2.29. The lowest BCUT2D eigenvalue weighted by atomic mass is 9.95. The summed E-state index contributed by atoms with van der Waals surface area (Å²) < 4.78 is 7.42. The minimum Gasteiger partial charge on any atom is -0.378 e. The molecule has 3 atom stereocenters. The first kappa shape index (κ1) is 10.6. The van der Waals surface area contributed by atoms with Crippen molar-refractivity contribution in [3.05, 3.63) is 11.9 Å². The molecule has 0 amide bonds. The van der Waals surface area contributed by atoms with E-state index in [0.717, 1.165) is 18.7 Å². The molecule has 0 aromatic carbocycles. The highest BCUT2D eigenvalue weighted by atomic mass is 16.5. The van der Waals surface area contributed by atoms with Gasteiger partial charge in [0.1, 0.15) is 0 Å². The van der Waals surface area contributed by atoms with Crippen LogP contribution in [0.5, 0.6) is 0 Å². The first-order valence-electron chi connectivity index (χ1n) is 5.35. The Morgan fingerprint density at radius 1 is 1.67 bits per heavy atom.